The molecule has 1 heterocycles. The quantitative estimate of drug-likeness (QED) is 0.702. The minimum absolute atomic E-state index is 0. The molecule has 0 spiro atoms. The highest BCUT2D eigenvalue weighted by Crippen LogP contribution is 2.31. The first-order valence-electron chi connectivity index (χ1n) is 6.94. The molecule has 0 unspecified atom stereocenters. The zero-order chi connectivity index (χ0) is 16.2. The highest BCUT2D eigenvalue weighted by Gasteiger charge is 2.09. The van der Waals surface area contributed by atoms with E-state index >= 15 is 0 Å². The second-order valence-electron chi connectivity index (χ2n) is 4.82. The van der Waals surface area contributed by atoms with Gasteiger partial charge in [-0.25, -0.2) is 0 Å². The number of benzene rings is 2. The van der Waals surface area contributed by atoms with Crippen LogP contribution in [-0.2, 0) is 6.54 Å². The molecule has 0 aliphatic carbocycles. The number of hydrogen-bond donors (Lipinski definition) is 1. The van der Waals surface area contributed by atoms with Gasteiger partial charge in [0.2, 0.25) is 0 Å². The minimum Gasteiger partial charge on any atom is -0.457 e. The number of nitrogens with zero attached hydrogens (tertiary/aromatic N) is 3. The van der Waals surface area contributed by atoms with E-state index in [4.69, 9.17) is 27.9 Å². The first kappa shape index (κ1) is 18.5. The summed E-state index contributed by atoms with van der Waals surface area (Å²) in [5.74, 6) is 1.36. The lowest BCUT2D eigenvalue weighted by Crippen LogP contribution is -2.08. The van der Waals surface area contributed by atoms with Gasteiger partial charge in [0.1, 0.15) is 11.5 Å². The Balaban J connectivity index is 0.00000208. The summed E-state index contributed by atoms with van der Waals surface area (Å²) in [6.07, 6.45) is 3.27. The molecule has 1 aromatic heterocycles. The van der Waals surface area contributed by atoms with Crippen LogP contribution in [0.1, 0.15) is 5.56 Å². The fraction of sp³-hybridized carbons (Fsp3) is 0.125. The van der Waals surface area contributed by atoms with Crippen LogP contribution in [0.2, 0.25) is 10.0 Å². The Labute approximate surface area is 155 Å². The van der Waals surface area contributed by atoms with Crippen LogP contribution in [0.4, 0.5) is 0 Å². The van der Waals surface area contributed by atoms with Crippen molar-refractivity contribution in [3.05, 3.63) is 64.4 Å². The maximum Gasteiger partial charge on any atom is 0.132 e. The molecular weight excluding hydrogens is 371 g/mol. The van der Waals surface area contributed by atoms with Crippen molar-refractivity contribution in [2.45, 2.75) is 6.54 Å². The topological polar surface area (TPSA) is 52.0 Å². The number of aromatic nitrogens is 3. The van der Waals surface area contributed by atoms with Crippen LogP contribution in [-0.4, -0.2) is 22.0 Å². The maximum absolute atomic E-state index is 6.03. The maximum atomic E-state index is 6.03. The standard InChI is InChI=1S/C16H14Cl2N4O.ClH/c1-19-10-11-8-12(22-20-6-7-21-22)2-5-16(11)23-13-3-4-14(17)15(18)9-13;/h2-9,19H,10H2,1H3;1H. The molecule has 0 amide bonds. The fourth-order valence-electron chi connectivity index (χ4n) is 2.13. The summed E-state index contributed by atoms with van der Waals surface area (Å²) in [5, 5.41) is 12.3. The van der Waals surface area contributed by atoms with Crippen molar-refractivity contribution in [2.75, 3.05) is 7.05 Å². The molecule has 0 saturated carbocycles. The Morgan fingerprint density at radius 1 is 1.04 bits per heavy atom. The smallest absolute Gasteiger partial charge is 0.132 e. The van der Waals surface area contributed by atoms with Crippen molar-refractivity contribution < 1.29 is 4.74 Å². The van der Waals surface area contributed by atoms with Gasteiger partial charge in [-0.3, -0.25) is 0 Å². The monoisotopic (exact) mass is 384 g/mol. The fourth-order valence-corrected chi connectivity index (χ4v) is 2.42. The van der Waals surface area contributed by atoms with E-state index in [1.165, 1.54) is 0 Å². The average Bonchev–Trinajstić information content (AvgIpc) is 3.07. The Morgan fingerprint density at radius 2 is 1.79 bits per heavy atom. The average molecular weight is 386 g/mol. The van der Waals surface area contributed by atoms with Crippen LogP contribution < -0.4 is 10.1 Å². The third kappa shape index (κ3) is 4.19. The number of halogens is 3. The molecule has 0 radical (unpaired) electrons. The van der Waals surface area contributed by atoms with Crippen LogP contribution in [0.25, 0.3) is 5.69 Å². The van der Waals surface area contributed by atoms with Gasteiger partial charge in [-0.05, 0) is 37.4 Å². The van der Waals surface area contributed by atoms with E-state index in [0.29, 0.717) is 22.3 Å². The highest BCUT2D eigenvalue weighted by molar-refractivity contribution is 6.42. The van der Waals surface area contributed by atoms with Crippen molar-refractivity contribution in [3.63, 3.8) is 0 Å². The molecule has 0 saturated heterocycles. The third-order valence-corrected chi connectivity index (χ3v) is 3.92. The summed E-state index contributed by atoms with van der Waals surface area (Å²) >= 11 is 12.0. The van der Waals surface area contributed by atoms with Gasteiger partial charge < -0.3 is 10.1 Å². The number of ether oxygens (including phenoxy) is 1. The highest BCUT2D eigenvalue weighted by atomic mass is 35.5. The number of rotatable bonds is 5. The van der Waals surface area contributed by atoms with Gasteiger partial charge >= 0.3 is 0 Å². The lowest BCUT2D eigenvalue weighted by molar-refractivity contribution is 0.474. The zero-order valence-electron chi connectivity index (χ0n) is 12.7. The normalized spacial score (nSPS) is 10.3. The summed E-state index contributed by atoms with van der Waals surface area (Å²) in [6, 6.07) is 10.9. The molecule has 126 valence electrons. The van der Waals surface area contributed by atoms with Crippen LogP contribution in [0.15, 0.2) is 48.8 Å². The summed E-state index contributed by atoms with van der Waals surface area (Å²) in [5.41, 5.74) is 1.84. The molecule has 24 heavy (non-hydrogen) atoms. The summed E-state index contributed by atoms with van der Waals surface area (Å²) in [4.78, 5) is 1.56. The predicted molar refractivity (Wildman–Crippen MR) is 97.9 cm³/mol. The van der Waals surface area contributed by atoms with Gasteiger partial charge in [-0.15, -0.1) is 12.4 Å². The number of nitrogens with one attached hydrogen (secondary N) is 1. The molecule has 0 fully saturated rings. The van der Waals surface area contributed by atoms with Gasteiger partial charge in [-0.2, -0.15) is 15.0 Å². The first-order valence-corrected chi connectivity index (χ1v) is 7.70. The summed E-state index contributed by atoms with van der Waals surface area (Å²) < 4.78 is 5.94. The van der Waals surface area contributed by atoms with E-state index in [1.54, 1.807) is 35.4 Å². The van der Waals surface area contributed by atoms with Crippen molar-refractivity contribution in [3.8, 4) is 17.2 Å². The van der Waals surface area contributed by atoms with Gasteiger partial charge in [0.05, 0.1) is 28.1 Å². The van der Waals surface area contributed by atoms with Crippen molar-refractivity contribution in [2.24, 2.45) is 0 Å². The second kappa shape index (κ2) is 8.35. The molecule has 5 nitrogen and oxygen atoms in total. The molecule has 2 aromatic carbocycles. The Bertz CT molecular complexity index is 809. The lowest BCUT2D eigenvalue weighted by Gasteiger charge is -2.13. The van der Waals surface area contributed by atoms with Crippen LogP contribution in [0.3, 0.4) is 0 Å². The van der Waals surface area contributed by atoms with Crippen molar-refractivity contribution in [1.82, 2.24) is 20.3 Å². The first-order chi connectivity index (χ1) is 11.2. The van der Waals surface area contributed by atoms with Gasteiger partial charge in [0, 0.05) is 18.2 Å². The zero-order valence-corrected chi connectivity index (χ0v) is 15.1. The third-order valence-electron chi connectivity index (χ3n) is 3.18. The molecule has 0 aliphatic rings. The van der Waals surface area contributed by atoms with Gasteiger partial charge in [0.15, 0.2) is 0 Å². The Kier molecular flexibility index (Phi) is 6.45. The van der Waals surface area contributed by atoms with Crippen molar-refractivity contribution in [1.29, 1.82) is 0 Å². The van der Waals surface area contributed by atoms with E-state index in [0.717, 1.165) is 17.0 Å². The Hall–Kier alpha value is -1.79. The van der Waals surface area contributed by atoms with Crippen LogP contribution in [0, 0.1) is 0 Å². The van der Waals surface area contributed by atoms with Crippen LogP contribution in [0.5, 0.6) is 11.5 Å². The molecule has 0 atom stereocenters. The molecule has 3 aromatic rings. The second-order valence-corrected chi connectivity index (χ2v) is 5.63. The predicted octanol–water partition coefficient (Wildman–Crippen LogP) is 4.51. The van der Waals surface area contributed by atoms with E-state index in [-0.39, 0.29) is 12.4 Å². The summed E-state index contributed by atoms with van der Waals surface area (Å²) in [7, 11) is 1.88. The molecule has 1 N–H and O–H groups in total. The van der Waals surface area contributed by atoms with Gasteiger partial charge in [0.25, 0.3) is 0 Å². The molecule has 0 aliphatic heterocycles. The molecule has 8 heteroatoms. The molecule has 0 bridgehead atoms. The van der Waals surface area contributed by atoms with E-state index in [2.05, 4.69) is 15.5 Å². The van der Waals surface area contributed by atoms with Crippen molar-refractivity contribution >= 4 is 35.6 Å². The van der Waals surface area contributed by atoms with Gasteiger partial charge in [-0.1, -0.05) is 23.2 Å². The van der Waals surface area contributed by atoms with E-state index in [9.17, 15) is 0 Å². The van der Waals surface area contributed by atoms with E-state index in [1.807, 2.05) is 25.2 Å². The Morgan fingerprint density at radius 3 is 2.46 bits per heavy atom. The van der Waals surface area contributed by atoms with Crippen LogP contribution >= 0.6 is 35.6 Å². The number of hydrogen-bond acceptors (Lipinski definition) is 4. The molecule has 3 rings (SSSR count). The largest absolute Gasteiger partial charge is 0.457 e. The SMILES string of the molecule is CNCc1cc(-n2nccn2)ccc1Oc1ccc(Cl)c(Cl)c1.Cl. The molecular formula is C16H15Cl3N4O. The minimum atomic E-state index is 0. The van der Waals surface area contributed by atoms with E-state index < -0.39 is 0 Å². The summed E-state index contributed by atoms with van der Waals surface area (Å²) in [6.45, 7) is 0.645. The lowest BCUT2D eigenvalue weighted by atomic mass is 10.1.